The van der Waals surface area contributed by atoms with Crippen molar-refractivity contribution in [2.75, 3.05) is 13.6 Å². The Morgan fingerprint density at radius 3 is 2.67 bits per heavy atom. The van der Waals surface area contributed by atoms with E-state index in [0.717, 1.165) is 11.0 Å². The molecule has 15 heavy (non-hydrogen) atoms. The van der Waals surface area contributed by atoms with Crippen LogP contribution in [0.1, 0.15) is 25.5 Å². The van der Waals surface area contributed by atoms with Crippen LogP contribution in [0.15, 0.2) is 28.7 Å². The van der Waals surface area contributed by atoms with Crippen molar-refractivity contribution in [3.63, 3.8) is 0 Å². The number of hydrogen-bond acceptors (Lipinski definition) is 2. The van der Waals surface area contributed by atoms with Gasteiger partial charge in [0.25, 0.3) is 0 Å². The molecule has 1 aromatic rings. The van der Waals surface area contributed by atoms with Gasteiger partial charge < -0.3 is 10.1 Å². The van der Waals surface area contributed by atoms with E-state index in [1.807, 2.05) is 19.2 Å². The van der Waals surface area contributed by atoms with E-state index in [0.29, 0.717) is 0 Å². The SMILES string of the molecule is CNCC(OC(C)C)c1cccc(Br)c1. The van der Waals surface area contributed by atoms with Gasteiger partial charge in [-0.2, -0.15) is 0 Å². The van der Waals surface area contributed by atoms with E-state index >= 15 is 0 Å². The van der Waals surface area contributed by atoms with Crippen molar-refractivity contribution < 1.29 is 4.74 Å². The van der Waals surface area contributed by atoms with Crippen LogP contribution in [-0.4, -0.2) is 19.7 Å². The molecule has 3 heteroatoms. The summed E-state index contributed by atoms with van der Waals surface area (Å²) < 4.78 is 6.94. The largest absolute Gasteiger partial charge is 0.370 e. The first-order valence-corrected chi connectivity index (χ1v) is 5.98. The Hall–Kier alpha value is -0.380. The second-order valence-electron chi connectivity index (χ2n) is 3.79. The molecular weight excluding hydrogens is 254 g/mol. The van der Waals surface area contributed by atoms with E-state index in [-0.39, 0.29) is 12.2 Å². The number of benzene rings is 1. The van der Waals surface area contributed by atoms with E-state index < -0.39 is 0 Å². The Bertz CT molecular complexity index is 301. The van der Waals surface area contributed by atoms with Crippen LogP contribution in [0.2, 0.25) is 0 Å². The highest BCUT2D eigenvalue weighted by Gasteiger charge is 2.12. The van der Waals surface area contributed by atoms with Gasteiger partial charge in [-0.05, 0) is 38.6 Å². The predicted octanol–water partition coefficient (Wildman–Crippen LogP) is 3.13. The minimum atomic E-state index is 0.118. The molecule has 1 N–H and O–H groups in total. The van der Waals surface area contributed by atoms with Crippen LogP contribution >= 0.6 is 15.9 Å². The van der Waals surface area contributed by atoms with Gasteiger partial charge in [-0.15, -0.1) is 0 Å². The molecule has 0 bridgehead atoms. The van der Waals surface area contributed by atoms with Gasteiger partial charge in [-0.1, -0.05) is 28.1 Å². The normalized spacial score (nSPS) is 13.1. The Morgan fingerprint density at radius 2 is 2.13 bits per heavy atom. The number of nitrogens with one attached hydrogen (secondary N) is 1. The van der Waals surface area contributed by atoms with Crippen molar-refractivity contribution in [3.8, 4) is 0 Å². The van der Waals surface area contributed by atoms with Crippen molar-refractivity contribution >= 4 is 15.9 Å². The number of halogens is 1. The maximum absolute atomic E-state index is 5.85. The zero-order valence-electron chi connectivity index (χ0n) is 9.46. The smallest absolute Gasteiger partial charge is 0.0952 e. The Kier molecular flexibility index (Phi) is 5.29. The summed E-state index contributed by atoms with van der Waals surface area (Å²) >= 11 is 3.47. The quantitative estimate of drug-likeness (QED) is 0.889. The highest BCUT2D eigenvalue weighted by molar-refractivity contribution is 9.10. The fraction of sp³-hybridized carbons (Fsp3) is 0.500. The van der Waals surface area contributed by atoms with E-state index in [9.17, 15) is 0 Å². The first kappa shape index (κ1) is 12.7. The van der Waals surface area contributed by atoms with Gasteiger partial charge in [0.15, 0.2) is 0 Å². The minimum Gasteiger partial charge on any atom is -0.370 e. The van der Waals surface area contributed by atoms with Gasteiger partial charge in [-0.25, -0.2) is 0 Å². The number of ether oxygens (including phenoxy) is 1. The summed E-state index contributed by atoms with van der Waals surface area (Å²) in [6.07, 6.45) is 0.356. The first-order chi connectivity index (χ1) is 7.13. The van der Waals surface area contributed by atoms with Gasteiger partial charge in [-0.3, -0.25) is 0 Å². The molecule has 0 amide bonds. The summed E-state index contributed by atoms with van der Waals surface area (Å²) in [5.74, 6) is 0. The minimum absolute atomic E-state index is 0.118. The maximum Gasteiger partial charge on any atom is 0.0952 e. The molecule has 0 radical (unpaired) electrons. The fourth-order valence-electron chi connectivity index (χ4n) is 1.47. The van der Waals surface area contributed by atoms with E-state index in [2.05, 4.69) is 47.2 Å². The number of rotatable bonds is 5. The van der Waals surface area contributed by atoms with Crippen LogP contribution in [0.5, 0.6) is 0 Å². The average Bonchev–Trinajstić information content (AvgIpc) is 2.16. The summed E-state index contributed by atoms with van der Waals surface area (Å²) in [7, 11) is 1.94. The molecule has 0 heterocycles. The highest BCUT2D eigenvalue weighted by atomic mass is 79.9. The van der Waals surface area contributed by atoms with Crippen LogP contribution in [0, 0.1) is 0 Å². The zero-order chi connectivity index (χ0) is 11.3. The molecule has 0 saturated carbocycles. The molecule has 0 aromatic heterocycles. The molecule has 2 nitrogen and oxygen atoms in total. The van der Waals surface area contributed by atoms with Gasteiger partial charge in [0.05, 0.1) is 12.2 Å². The lowest BCUT2D eigenvalue weighted by Crippen LogP contribution is -2.22. The third-order valence-corrected chi connectivity index (χ3v) is 2.54. The molecule has 84 valence electrons. The standard InChI is InChI=1S/C12H18BrNO/c1-9(2)15-12(8-14-3)10-5-4-6-11(13)7-10/h4-7,9,12,14H,8H2,1-3H3. The van der Waals surface area contributed by atoms with E-state index in [4.69, 9.17) is 4.74 Å². The third kappa shape index (κ3) is 4.33. The lowest BCUT2D eigenvalue weighted by molar-refractivity contribution is 0.00811. The summed E-state index contributed by atoms with van der Waals surface area (Å²) in [6.45, 7) is 4.94. The second-order valence-corrected chi connectivity index (χ2v) is 4.70. The van der Waals surface area contributed by atoms with E-state index in [1.54, 1.807) is 0 Å². The summed E-state index contributed by atoms with van der Waals surface area (Å²) in [5, 5.41) is 3.15. The molecule has 1 atom stereocenters. The van der Waals surface area contributed by atoms with Crippen molar-refractivity contribution in [3.05, 3.63) is 34.3 Å². The van der Waals surface area contributed by atoms with Crippen molar-refractivity contribution in [2.24, 2.45) is 0 Å². The molecule has 0 fully saturated rings. The molecule has 1 aromatic carbocycles. The summed E-state index contributed by atoms with van der Waals surface area (Å²) in [6, 6.07) is 8.25. The van der Waals surface area contributed by atoms with Crippen molar-refractivity contribution in [1.29, 1.82) is 0 Å². The fourth-order valence-corrected chi connectivity index (χ4v) is 1.88. The molecular formula is C12H18BrNO. The lowest BCUT2D eigenvalue weighted by Gasteiger charge is -2.20. The number of likely N-dealkylation sites (N-methyl/N-ethyl adjacent to an activating group) is 1. The van der Waals surface area contributed by atoms with Crippen molar-refractivity contribution in [2.45, 2.75) is 26.1 Å². The number of hydrogen-bond donors (Lipinski definition) is 1. The monoisotopic (exact) mass is 271 g/mol. The van der Waals surface area contributed by atoms with Gasteiger partial charge in [0.1, 0.15) is 0 Å². The average molecular weight is 272 g/mol. The topological polar surface area (TPSA) is 21.3 Å². The molecule has 0 spiro atoms. The molecule has 0 saturated heterocycles. The lowest BCUT2D eigenvalue weighted by atomic mass is 10.1. The Balaban J connectivity index is 2.78. The van der Waals surface area contributed by atoms with Gasteiger partial charge in [0, 0.05) is 11.0 Å². The zero-order valence-corrected chi connectivity index (χ0v) is 11.0. The Morgan fingerprint density at radius 1 is 1.40 bits per heavy atom. The third-order valence-electron chi connectivity index (χ3n) is 2.05. The molecule has 1 unspecified atom stereocenters. The maximum atomic E-state index is 5.85. The predicted molar refractivity (Wildman–Crippen MR) is 67.0 cm³/mol. The molecule has 0 aliphatic heterocycles. The molecule has 1 rings (SSSR count). The van der Waals surface area contributed by atoms with Crippen LogP contribution in [0.25, 0.3) is 0 Å². The highest BCUT2D eigenvalue weighted by Crippen LogP contribution is 2.21. The summed E-state index contributed by atoms with van der Waals surface area (Å²) in [5.41, 5.74) is 1.20. The van der Waals surface area contributed by atoms with Crippen LogP contribution in [-0.2, 0) is 4.74 Å². The van der Waals surface area contributed by atoms with E-state index in [1.165, 1.54) is 5.56 Å². The first-order valence-electron chi connectivity index (χ1n) is 5.19. The molecule has 0 aliphatic rings. The Labute approximate surface area is 100 Å². The van der Waals surface area contributed by atoms with Crippen LogP contribution in [0.4, 0.5) is 0 Å². The van der Waals surface area contributed by atoms with Crippen molar-refractivity contribution in [1.82, 2.24) is 5.32 Å². The van der Waals surface area contributed by atoms with Crippen LogP contribution < -0.4 is 5.32 Å². The van der Waals surface area contributed by atoms with Gasteiger partial charge in [0.2, 0.25) is 0 Å². The molecule has 0 aliphatic carbocycles. The van der Waals surface area contributed by atoms with Gasteiger partial charge >= 0.3 is 0 Å². The summed E-state index contributed by atoms with van der Waals surface area (Å²) in [4.78, 5) is 0. The van der Waals surface area contributed by atoms with Crippen LogP contribution in [0.3, 0.4) is 0 Å². The second kappa shape index (κ2) is 6.26.